The molecule has 1 rings (SSSR count). The van der Waals surface area contributed by atoms with Gasteiger partial charge in [-0.25, -0.2) is 0 Å². The van der Waals surface area contributed by atoms with Gasteiger partial charge in [-0.1, -0.05) is 0 Å². The zero-order valence-corrected chi connectivity index (χ0v) is 11.9. The van der Waals surface area contributed by atoms with E-state index in [1.165, 1.54) is 0 Å². The van der Waals surface area contributed by atoms with Gasteiger partial charge in [0.25, 0.3) is 0 Å². The molecular weight excluding hydrogens is 353 g/mol. The number of carbonyl (C=O) groups is 2. The number of hydrogen-bond acceptors (Lipinski definition) is 4. The van der Waals surface area contributed by atoms with Crippen LogP contribution in [0.15, 0.2) is 30.3 Å². The molecular formula is C11H13INO3S-. The Balaban J connectivity index is 2.35. The van der Waals surface area contributed by atoms with Crippen LogP contribution in [0.2, 0.25) is 0 Å². The summed E-state index contributed by atoms with van der Waals surface area (Å²) < 4.78 is 6.96. The first-order valence-electron chi connectivity index (χ1n) is 5.35. The van der Waals surface area contributed by atoms with Crippen molar-refractivity contribution in [2.75, 3.05) is 6.54 Å². The van der Waals surface area contributed by atoms with Gasteiger partial charge < -0.3 is 0 Å². The van der Waals surface area contributed by atoms with Crippen LogP contribution in [0.25, 0.3) is 0 Å². The second-order valence-electron chi connectivity index (χ2n) is 3.30. The van der Waals surface area contributed by atoms with Gasteiger partial charge in [-0.2, -0.15) is 0 Å². The summed E-state index contributed by atoms with van der Waals surface area (Å²) in [6.07, 6.45) is -1.02. The third kappa shape index (κ3) is 5.05. The zero-order valence-electron chi connectivity index (χ0n) is 9.93. The molecule has 0 saturated carbocycles. The number of hydrogen-bond donors (Lipinski definition) is 2. The number of aliphatic hydroxyl groups excluding tert-OH is 1. The molecule has 0 spiro atoms. The van der Waals surface area contributed by atoms with Crippen molar-refractivity contribution < 1.29 is 35.7 Å². The average Bonchev–Trinajstić information content (AvgIpc) is 2.39. The average molecular weight is 368 g/mol. The van der Waals surface area contributed by atoms with E-state index in [9.17, 15) is 14.7 Å². The number of amides is 1. The van der Waals surface area contributed by atoms with Crippen molar-refractivity contribution in [3.63, 3.8) is 0 Å². The first-order valence-corrected chi connectivity index (χ1v) is 8.33. The Morgan fingerprint density at radius 3 is 2.82 bits per heavy atom. The van der Waals surface area contributed by atoms with Crippen molar-refractivity contribution in [1.29, 1.82) is 0.594 Å². The van der Waals surface area contributed by atoms with E-state index in [1.807, 2.05) is 0 Å². The second-order valence-corrected chi connectivity index (χ2v) is 5.23. The molecule has 0 aromatic heterocycles. The van der Waals surface area contributed by atoms with Crippen molar-refractivity contribution in [2.45, 2.75) is 12.5 Å². The Hall–Kier alpha value is -0.600. The molecule has 1 aromatic rings. The molecule has 0 aliphatic heterocycles. The van der Waals surface area contributed by atoms with Gasteiger partial charge in [0.1, 0.15) is 0 Å². The molecule has 0 aliphatic carbocycles. The van der Waals surface area contributed by atoms with Gasteiger partial charge >= 0.3 is 117 Å². The molecule has 1 unspecified atom stereocenters. The molecule has 2 N–H and O–H groups in total. The summed E-state index contributed by atoms with van der Waals surface area (Å²) in [5.41, 5.74) is 0.521. The third-order valence-electron chi connectivity index (χ3n) is 2.08. The molecule has 4 nitrogen and oxygen atoms in total. The van der Waals surface area contributed by atoms with E-state index in [1.54, 1.807) is 30.3 Å². The van der Waals surface area contributed by atoms with E-state index < -0.39 is 33.0 Å². The zero-order chi connectivity index (χ0) is 13.4. The number of halogens is 1. The quantitative estimate of drug-likeness (QED) is 0.554. The van der Waals surface area contributed by atoms with Crippen molar-refractivity contribution >= 4 is 20.0 Å². The van der Waals surface area contributed by atoms with Crippen LogP contribution in [0.3, 0.4) is 0 Å². The normalized spacial score (nSPS) is 12.9. The fourth-order valence-corrected chi connectivity index (χ4v) is 2.05. The maximum absolute atomic E-state index is 11.6. The van der Waals surface area contributed by atoms with Crippen LogP contribution in [-0.2, 0) is 9.59 Å². The van der Waals surface area contributed by atoms with E-state index in [-0.39, 0.29) is 18.1 Å². The molecule has 0 fully saturated rings. The van der Waals surface area contributed by atoms with Crippen molar-refractivity contribution in [2.24, 2.45) is 0 Å². The van der Waals surface area contributed by atoms with Crippen molar-refractivity contribution in [3.8, 4) is 0 Å². The first-order chi connectivity index (χ1) is 8.65. The molecule has 0 heterocycles. The summed E-state index contributed by atoms with van der Waals surface area (Å²) in [5.74, 6) is -0.514. The summed E-state index contributed by atoms with van der Waals surface area (Å²) in [4.78, 5) is 22.7. The molecule has 17 heavy (non-hydrogen) atoms. The van der Waals surface area contributed by atoms with Crippen molar-refractivity contribution in [3.05, 3.63) is 35.9 Å². The Bertz CT molecular complexity index is 405. The van der Waals surface area contributed by atoms with E-state index >= 15 is 0 Å². The van der Waals surface area contributed by atoms with E-state index in [4.69, 9.17) is 0.594 Å². The Kier molecular flexibility index (Phi) is 5.80. The molecule has 1 atom stereocenters. The third-order valence-corrected chi connectivity index (χ3v) is 3.93. The Labute approximate surface area is 116 Å². The summed E-state index contributed by atoms with van der Waals surface area (Å²) in [5, 5.41) is 12.1. The minimum absolute atomic E-state index is 0.0905. The molecule has 6 heteroatoms. The number of aliphatic hydroxyl groups is 1. The second kappa shape index (κ2) is 7.67. The standard InChI is InChI=1S/C11H13INO3S/c12-17-9(14)6-7-13-11(16)10(15)8-4-2-1-3-5-8/h1-5,10,12,15H,6-7H2,(H,13,16)/q-1/i12T. The number of nitrogens with one attached hydrogen (secondary N) is 1. The monoisotopic (exact) mass is 368 g/mol. The summed E-state index contributed by atoms with van der Waals surface area (Å²) >= 11 is -0.861. The summed E-state index contributed by atoms with van der Waals surface area (Å²) in [7, 11) is 1.01. The molecule has 0 radical (unpaired) electrons. The SMILES string of the molecule is [3H][I-]SC(=O)CCNC(=O)C(O)c1ccccc1. The van der Waals surface area contributed by atoms with Gasteiger partial charge in [0.2, 0.25) is 0 Å². The Morgan fingerprint density at radius 2 is 2.18 bits per heavy atom. The fourth-order valence-electron chi connectivity index (χ4n) is 1.21. The van der Waals surface area contributed by atoms with Crippen LogP contribution in [0, 0.1) is 0 Å². The first kappa shape index (κ1) is 12.8. The molecule has 0 aliphatic rings. The van der Waals surface area contributed by atoms with Gasteiger partial charge in [-0.15, -0.1) is 0 Å². The minimum atomic E-state index is -1.21. The van der Waals surface area contributed by atoms with Crippen LogP contribution in [-0.4, -0.2) is 23.3 Å². The van der Waals surface area contributed by atoms with E-state index in [2.05, 4.69) is 5.32 Å². The van der Waals surface area contributed by atoms with Crippen molar-refractivity contribution in [1.82, 2.24) is 5.32 Å². The Morgan fingerprint density at radius 1 is 1.47 bits per heavy atom. The molecule has 1 aromatic carbocycles. The van der Waals surface area contributed by atoms with Crippen LogP contribution in [0.4, 0.5) is 0 Å². The molecule has 0 bridgehead atoms. The van der Waals surface area contributed by atoms with E-state index in [0.717, 1.165) is 8.93 Å². The summed E-state index contributed by atoms with van der Waals surface area (Å²) in [6.45, 7) is 0.193. The van der Waals surface area contributed by atoms with E-state index in [0.29, 0.717) is 5.56 Å². The van der Waals surface area contributed by atoms with Crippen LogP contribution < -0.4 is 26.3 Å². The van der Waals surface area contributed by atoms with Crippen LogP contribution in [0.5, 0.6) is 0 Å². The molecule has 94 valence electrons. The van der Waals surface area contributed by atoms with Gasteiger partial charge in [0.05, 0.1) is 0 Å². The number of carbonyl (C=O) groups excluding carboxylic acids is 2. The molecule has 1 amide bonds. The van der Waals surface area contributed by atoms with Crippen LogP contribution in [0.1, 0.15) is 18.1 Å². The topological polar surface area (TPSA) is 66.4 Å². The van der Waals surface area contributed by atoms with Crippen LogP contribution >= 0.6 is 8.93 Å². The maximum atomic E-state index is 11.6. The predicted octanol–water partition coefficient (Wildman–Crippen LogP) is -2.31. The number of rotatable bonds is 6. The van der Waals surface area contributed by atoms with Gasteiger partial charge in [-0.05, 0) is 0 Å². The molecule has 0 saturated heterocycles. The predicted molar refractivity (Wildman–Crippen MR) is 63.0 cm³/mol. The van der Waals surface area contributed by atoms with Gasteiger partial charge in [0, 0.05) is 0 Å². The van der Waals surface area contributed by atoms with Gasteiger partial charge in [-0.3, -0.25) is 0 Å². The fraction of sp³-hybridized carbons (Fsp3) is 0.273. The summed E-state index contributed by atoms with van der Waals surface area (Å²) in [6, 6.07) is 8.60. The number of benzene rings is 1. The van der Waals surface area contributed by atoms with Gasteiger partial charge in [0.15, 0.2) is 0 Å².